The molecule has 0 spiro atoms. The maximum absolute atomic E-state index is 8.88. The van der Waals surface area contributed by atoms with Gasteiger partial charge in [0.2, 0.25) is 0 Å². The van der Waals surface area contributed by atoms with Crippen LogP contribution in [0, 0.1) is 6.92 Å². The molecule has 0 aromatic rings. The number of unbranched alkanes of at least 4 members (excludes halogenated alkanes) is 19. The average molecular weight is 431 g/mol. The molecule has 0 unspecified atom stereocenters. The van der Waals surface area contributed by atoms with Gasteiger partial charge in [-0.05, 0) is 0 Å². The summed E-state index contributed by atoms with van der Waals surface area (Å²) in [6, 6.07) is 0. The van der Waals surface area contributed by atoms with Crippen molar-refractivity contribution in [2.75, 3.05) is 0 Å². The molecule has 0 bridgehead atoms. The van der Waals surface area contributed by atoms with Crippen LogP contribution < -0.4 is 29.6 Å². The van der Waals surface area contributed by atoms with Crippen LogP contribution in [0.15, 0.2) is 0 Å². The molecule has 0 aromatic carbocycles. The van der Waals surface area contributed by atoms with Crippen LogP contribution in [-0.2, 0) is 4.57 Å². The predicted octanol–water partition coefficient (Wildman–Crippen LogP) is 4.72. The molecule has 0 fully saturated rings. The minimum absolute atomic E-state index is 0. The van der Waals surface area contributed by atoms with Gasteiger partial charge in [-0.25, -0.2) is 4.57 Å². The fraction of sp³-hybridized carbons (Fsp3) is 0.955. The van der Waals surface area contributed by atoms with E-state index in [2.05, 4.69) is 13.8 Å². The van der Waals surface area contributed by atoms with Crippen LogP contribution >= 0.6 is 7.82 Å². The first-order chi connectivity index (χ1) is 12.9. The van der Waals surface area contributed by atoms with Crippen molar-refractivity contribution in [3.8, 4) is 0 Å². The quantitative estimate of drug-likeness (QED) is 0.120. The summed E-state index contributed by atoms with van der Waals surface area (Å²) in [6.45, 7) is 6.20. The molecular formula is C22H48NaO4P. The molecule has 6 heteroatoms. The first-order valence-electron chi connectivity index (χ1n) is 11.5. The van der Waals surface area contributed by atoms with Crippen molar-refractivity contribution in [3.05, 3.63) is 6.92 Å². The van der Waals surface area contributed by atoms with Gasteiger partial charge >= 0.3 is 37.4 Å². The normalized spacial score (nSPS) is 10.9. The zero-order chi connectivity index (χ0) is 20.6. The third-order valence-electron chi connectivity index (χ3n) is 4.85. The molecule has 4 nitrogen and oxygen atoms in total. The van der Waals surface area contributed by atoms with Crippen LogP contribution in [0.5, 0.6) is 0 Å². The van der Waals surface area contributed by atoms with E-state index in [0.717, 1.165) is 6.42 Å². The maximum atomic E-state index is 8.88. The fourth-order valence-electron chi connectivity index (χ4n) is 3.26. The van der Waals surface area contributed by atoms with Gasteiger partial charge in [0.05, 0.1) is 0 Å². The Morgan fingerprint density at radius 3 is 0.893 bits per heavy atom. The summed E-state index contributed by atoms with van der Waals surface area (Å²) in [6.07, 6.45) is 28.8. The Labute approximate surface area is 198 Å². The summed E-state index contributed by atoms with van der Waals surface area (Å²) in [5.41, 5.74) is 0. The summed E-state index contributed by atoms with van der Waals surface area (Å²) < 4.78 is 8.88. The van der Waals surface area contributed by atoms with Gasteiger partial charge in [0.1, 0.15) is 0 Å². The van der Waals surface area contributed by atoms with Gasteiger partial charge in [-0.3, -0.25) is 0 Å². The van der Waals surface area contributed by atoms with Crippen molar-refractivity contribution in [2.24, 2.45) is 0 Å². The van der Waals surface area contributed by atoms with E-state index in [1.807, 2.05) is 0 Å². The van der Waals surface area contributed by atoms with Gasteiger partial charge in [-0.1, -0.05) is 129 Å². The third-order valence-corrected chi connectivity index (χ3v) is 4.85. The molecule has 0 aliphatic carbocycles. The van der Waals surface area contributed by atoms with E-state index in [9.17, 15) is 0 Å². The average Bonchev–Trinajstić information content (AvgIpc) is 2.59. The minimum atomic E-state index is -4.64. The van der Waals surface area contributed by atoms with E-state index >= 15 is 0 Å². The second-order valence-electron chi connectivity index (χ2n) is 7.73. The Bertz CT molecular complexity index is 283. The van der Waals surface area contributed by atoms with Crippen molar-refractivity contribution >= 4 is 7.82 Å². The number of hydrogen-bond donors (Lipinski definition) is 3. The van der Waals surface area contributed by atoms with Crippen molar-refractivity contribution in [2.45, 2.75) is 135 Å². The molecule has 0 aromatic heterocycles. The summed E-state index contributed by atoms with van der Waals surface area (Å²) in [4.78, 5) is 21.6. The van der Waals surface area contributed by atoms with Crippen molar-refractivity contribution in [1.29, 1.82) is 0 Å². The molecular weight excluding hydrogens is 382 g/mol. The molecule has 0 aliphatic heterocycles. The molecule has 28 heavy (non-hydrogen) atoms. The summed E-state index contributed by atoms with van der Waals surface area (Å²) in [5, 5.41) is 0. The third kappa shape index (κ3) is 45.7. The zero-order valence-corrected chi connectivity index (χ0v) is 21.9. The van der Waals surface area contributed by atoms with Crippen LogP contribution in [-0.4, -0.2) is 14.7 Å². The van der Waals surface area contributed by atoms with Gasteiger partial charge < -0.3 is 21.6 Å². The van der Waals surface area contributed by atoms with Gasteiger partial charge in [0, 0.05) is 0 Å². The molecule has 0 aliphatic rings. The fourth-order valence-corrected chi connectivity index (χ4v) is 3.26. The van der Waals surface area contributed by atoms with Crippen LogP contribution in [0.2, 0.25) is 0 Å². The SMILES string of the molecule is O=P(O)(O)O.[CH2-]CCCCCCCCCCCCCCCCCCCCC.[Na+]. The Balaban J connectivity index is -0.000000918. The van der Waals surface area contributed by atoms with Gasteiger partial charge in [0.25, 0.3) is 0 Å². The molecule has 3 N–H and O–H groups in total. The molecule has 0 atom stereocenters. The van der Waals surface area contributed by atoms with Crippen LogP contribution in [0.1, 0.15) is 135 Å². The minimum Gasteiger partial charge on any atom is -0.343 e. The van der Waals surface area contributed by atoms with Gasteiger partial charge in [-0.15, -0.1) is 0 Å². The second-order valence-corrected chi connectivity index (χ2v) is 8.76. The standard InChI is InChI=1S/C22H45.Na.H3O4P/c1-3-5-7-9-11-13-15-17-19-21-22-20-18-16-14-12-10-8-6-4-2;;1-5(2,3)4/h1,3-22H2,2H3;;(H3,1,2,3,4)/q-1;+1;. The molecule has 0 radical (unpaired) electrons. The maximum Gasteiger partial charge on any atom is 1.00 e. The van der Waals surface area contributed by atoms with E-state index in [4.69, 9.17) is 19.2 Å². The van der Waals surface area contributed by atoms with Crippen molar-refractivity contribution < 1.29 is 48.8 Å². The first kappa shape index (κ1) is 33.7. The Morgan fingerprint density at radius 1 is 0.536 bits per heavy atom. The topological polar surface area (TPSA) is 77.8 Å². The second kappa shape index (κ2) is 28.1. The molecule has 0 saturated carbocycles. The zero-order valence-electron chi connectivity index (χ0n) is 19.0. The molecule has 0 heterocycles. The van der Waals surface area contributed by atoms with Gasteiger partial charge in [-0.2, -0.15) is 6.42 Å². The number of phosphoric acid groups is 1. The predicted molar refractivity (Wildman–Crippen MR) is 118 cm³/mol. The van der Waals surface area contributed by atoms with Crippen LogP contribution in [0.25, 0.3) is 0 Å². The van der Waals surface area contributed by atoms with Crippen LogP contribution in [0.4, 0.5) is 0 Å². The summed E-state index contributed by atoms with van der Waals surface area (Å²) in [7, 11) is -4.64. The molecule has 166 valence electrons. The summed E-state index contributed by atoms with van der Waals surface area (Å²) in [5.74, 6) is 0. The Morgan fingerprint density at radius 2 is 0.714 bits per heavy atom. The van der Waals surface area contributed by atoms with Crippen molar-refractivity contribution in [3.63, 3.8) is 0 Å². The monoisotopic (exact) mass is 430 g/mol. The van der Waals surface area contributed by atoms with E-state index in [1.54, 1.807) is 0 Å². The molecule has 0 rings (SSSR count). The largest absolute Gasteiger partial charge is 1.00 e. The Hall–Kier alpha value is 1.11. The van der Waals surface area contributed by atoms with E-state index in [-0.39, 0.29) is 29.6 Å². The Kier molecular flexibility index (Phi) is 33.9. The molecule has 0 saturated heterocycles. The van der Waals surface area contributed by atoms with E-state index in [1.165, 1.54) is 122 Å². The van der Waals surface area contributed by atoms with Crippen LogP contribution in [0.3, 0.4) is 0 Å². The van der Waals surface area contributed by atoms with Gasteiger partial charge in [0.15, 0.2) is 0 Å². The van der Waals surface area contributed by atoms with E-state index < -0.39 is 7.82 Å². The smallest absolute Gasteiger partial charge is 0.343 e. The summed E-state index contributed by atoms with van der Waals surface area (Å²) >= 11 is 0. The first-order valence-corrected chi connectivity index (χ1v) is 13.1. The van der Waals surface area contributed by atoms with E-state index in [0.29, 0.717) is 0 Å². The number of rotatable bonds is 19. The molecule has 0 amide bonds. The van der Waals surface area contributed by atoms with Crippen molar-refractivity contribution in [1.82, 2.24) is 0 Å². The number of hydrogen-bond acceptors (Lipinski definition) is 1.